The van der Waals surface area contributed by atoms with Crippen LogP contribution in [-0.4, -0.2) is 45.4 Å². The Balaban J connectivity index is 0.00000225. The fraction of sp³-hybridized carbons (Fsp3) is 0.429. The molecule has 0 aliphatic carbocycles. The number of ether oxygens (including phenoxy) is 2. The van der Waals surface area contributed by atoms with Gasteiger partial charge < -0.3 is 30.9 Å². The third kappa shape index (κ3) is 4.50. The Morgan fingerprint density at radius 1 is 0.800 bits per heavy atom. The minimum Gasteiger partial charge on any atom is -1.00 e. The van der Waals surface area contributed by atoms with Gasteiger partial charge in [-0.25, -0.2) is 0 Å². The standard InChI is InChI=1S/C21H28NO2.BrH/c1-20(15-22(2,3)4)16-23-21(24-17-20,18-11-7-5-8-12-18)19-13-9-6-10-14-19;/h5-14H,15-17H2,1-4H3;1H/q+1;/p-1. The molecule has 1 heterocycles. The summed E-state index contributed by atoms with van der Waals surface area (Å²) in [6.45, 7) is 4.60. The lowest BCUT2D eigenvalue weighted by atomic mass is 9.88. The molecule has 136 valence electrons. The summed E-state index contributed by atoms with van der Waals surface area (Å²) >= 11 is 0. The van der Waals surface area contributed by atoms with E-state index in [4.69, 9.17) is 9.47 Å². The molecular weight excluding hydrogens is 378 g/mol. The van der Waals surface area contributed by atoms with Crippen LogP contribution in [0, 0.1) is 5.41 Å². The maximum absolute atomic E-state index is 6.47. The maximum atomic E-state index is 6.47. The quantitative estimate of drug-likeness (QED) is 0.695. The average Bonchev–Trinajstić information content (AvgIpc) is 2.56. The zero-order valence-corrected chi connectivity index (χ0v) is 17.1. The molecule has 0 spiro atoms. The van der Waals surface area contributed by atoms with Crippen molar-refractivity contribution >= 4 is 0 Å². The van der Waals surface area contributed by atoms with E-state index in [1.165, 1.54) is 0 Å². The van der Waals surface area contributed by atoms with E-state index in [1.807, 2.05) is 36.4 Å². The number of hydrogen-bond acceptors (Lipinski definition) is 2. The Kier molecular flexibility index (Phi) is 6.10. The molecule has 3 rings (SSSR count). The molecule has 0 radical (unpaired) electrons. The molecule has 1 saturated heterocycles. The van der Waals surface area contributed by atoms with Crippen LogP contribution in [0.25, 0.3) is 0 Å². The van der Waals surface area contributed by atoms with Crippen molar-refractivity contribution in [3.8, 4) is 0 Å². The van der Waals surface area contributed by atoms with Gasteiger partial charge >= 0.3 is 0 Å². The molecule has 0 bridgehead atoms. The van der Waals surface area contributed by atoms with Crippen LogP contribution in [0.15, 0.2) is 60.7 Å². The smallest absolute Gasteiger partial charge is 0.222 e. The van der Waals surface area contributed by atoms with Crippen LogP contribution in [0.1, 0.15) is 18.1 Å². The van der Waals surface area contributed by atoms with Crippen molar-refractivity contribution in [1.29, 1.82) is 0 Å². The van der Waals surface area contributed by atoms with Gasteiger partial charge in [0.25, 0.3) is 0 Å². The van der Waals surface area contributed by atoms with E-state index >= 15 is 0 Å². The first-order valence-corrected chi connectivity index (χ1v) is 8.53. The van der Waals surface area contributed by atoms with Crippen LogP contribution >= 0.6 is 0 Å². The summed E-state index contributed by atoms with van der Waals surface area (Å²) < 4.78 is 13.8. The molecule has 4 heteroatoms. The first-order valence-electron chi connectivity index (χ1n) is 8.53. The van der Waals surface area contributed by atoms with Gasteiger partial charge in [0.2, 0.25) is 5.79 Å². The molecule has 2 aromatic carbocycles. The van der Waals surface area contributed by atoms with Gasteiger partial charge in [-0.2, -0.15) is 0 Å². The minimum absolute atomic E-state index is 0. The molecule has 0 N–H and O–H groups in total. The molecular formula is C21H28BrNO2. The highest BCUT2D eigenvalue weighted by Gasteiger charge is 2.47. The molecule has 3 nitrogen and oxygen atoms in total. The van der Waals surface area contributed by atoms with Crippen molar-refractivity contribution in [2.75, 3.05) is 40.9 Å². The monoisotopic (exact) mass is 405 g/mol. The zero-order valence-electron chi connectivity index (χ0n) is 15.5. The van der Waals surface area contributed by atoms with Crippen LogP contribution in [0.4, 0.5) is 0 Å². The fourth-order valence-electron chi connectivity index (χ4n) is 3.69. The van der Waals surface area contributed by atoms with E-state index in [2.05, 4.69) is 52.3 Å². The number of halogens is 1. The van der Waals surface area contributed by atoms with E-state index in [-0.39, 0.29) is 22.4 Å². The Hall–Kier alpha value is -1.20. The summed E-state index contributed by atoms with van der Waals surface area (Å²) in [6.07, 6.45) is 0. The van der Waals surface area contributed by atoms with Gasteiger partial charge in [0.05, 0.1) is 46.3 Å². The number of nitrogens with zero attached hydrogens (tertiary/aromatic N) is 1. The molecule has 0 atom stereocenters. The summed E-state index contributed by atoms with van der Waals surface area (Å²) in [5.74, 6) is -0.813. The van der Waals surface area contributed by atoms with Gasteiger partial charge in [0.15, 0.2) is 0 Å². The van der Waals surface area contributed by atoms with Crippen molar-refractivity contribution in [2.24, 2.45) is 5.41 Å². The van der Waals surface area contributed by atoms with Crippen LogP contribution in [0.5, 0.6) is 0 Å². The predicted octanol–water partition coefficient (Wildman–Crippen LogP) is 0.651. The summed E-state index contributed by atoms with van der Waals surface area (Å²) in [6, 6.07) is 20.5. The number of benzene rings is 2. The average molecular weight is 406 g/mol. The Morgan fingerprint density at radius 3 is 1.56 bits per heavy atom. The van der Waals surface area contributed by atoms with Crippen molar-refractivity contribution in [3.63, 3.8) is 0 Å². The lowest BCUT2D eigenvalue weighted by Crippen LogP contribution is -3.00. The second-order valence-electron chi connectivity index (χ2n) is 8.19. The zero-order chi connectivity index (χ0) is 17.3. The minimum atomic E-state index is -0.813. The van der Waals surface area contributed by atoms with Gasteiger partial charge in [-0.1, -0.05) is 60.7 Å². The van der Waals surface area contributed by atoms with Gasteiger partial charge in [0.1, 0.15) is 0 Å². The van der Waals surface area contributed by atoms with E-state index < -0.39 is 5.79 Å². The third-order valence-electron chi connectivity index (χ3n) is 4.41. The third-order valence-corrected chi connectivity index (χ3v) is 4.41. The maximum Gasteiger partial charge on any atom is 0.222 e. The van der Waals surface area contributed by atoms with Crippen LogP contribution < -0.4 is 17.0 Å². The first kappa shape index (κ1) is 20.1. The lowest BCUT2D eigenvalue weighted by molar-refractivity contribution is -0.878. The van der Waals surface area contributed by atoms with E-state index in [0.717, 1.165) is 22.2 Å². The van der Waals surface area contributed by atoms with E-state index in [9.17, 15) is 0 Å². The predicted molar refractivity (Wildman–Crippen MR) is 96.6 cm³/mol. The summed E-state index contributed by atoms with van der Waals surface area (Å²) in [7, 11) is 6.63. The second kappa shape index (κ2) is 7.58. The van der Waals surface area contributed by atoms with Gasteiger partial charge in [0, 0.05) is 11.1 Å². The van der Waals surface area contributed by atoms with Crippen molar-refractivity contribution < 1.29 is 30.9 Å². The van der Waals surface area contributed by atoms with E-state index in [0.29, 0.717) is 13.2 Å². The van der Waals surface area contributed by atoms with Crippen LogP contribution in [-0.2, 0) is 15.3 Å². The van der Waals surface area contributed by atoms with Crippen molar-refractivity contribution in [2.45, 2.75) is 12.7 Å². The SMILES string of the molecule is CC1(C[N+](C)(C)C)COC(c2ccccc2)(c2ccccc2)OC1.[Br-]. The Morgan fingerprint density at radius 2 is 1.20 bits per heavy atom. The van der Waals surface area contributed by atoms with Gasteiger partial charge in [-0.3, -0.25) is 0 Å². The van der Waals surface area contributed by atoms with Gasteiger partial charge in [-0.05, 0) is 6.92 Å². The summed E-state index contributed by atoms with van der Waals surface area (Å²) in [5.41, 5.74) is 2.10. The van der Waals surface area contributed by atoms with Crippen LogP contribution in [0.2, 0.25) is 0 Å². The number of hydrogen-bond donors (Lipinski definition) is 0. The normalized spacial score (nSPS) is 19.0. The molecule has 25 heavy (non-hydrogen) atoms. The largest absolute Gasteiger partial charge is 1.00 e. The highest BCUT2D eigenvalue weighted by atomic mass is 79.9. The molecule has 2 aromatic rings. The van der Waals surface area contributed by atoms with Crippen molar-refractivity contribution in [1.82, 2.24) is 0 Å². The topological polar surface area (TPSA) is 18.5 Å². The molecule has 1 aliphatic heterocycles. The fourth-order valence-corrected chi connectivity index (χ4v) is 3.69. The second-order valence-corrected chi connectivity index (χ2v) is 8.19. The Labute approximate surface area is 161 Å². The highest BCUT2D eigenvalue weighted by molar-refractivity contribution is 5.34. The molecule has 1 fully saturated rings. The molecule has 0 amide bonds. The van der Waals surface area contributed by atoms with E-state index in [1.54, 1.807) is 0 Å². The van der Waals surface area contributed by atoms with Crippen LogP contribution in [0.3, 0.4) is 0 Å². The Bertz CT molecular complexity index is 618. The summed E-state index contributed by atoms with van der Waals surface area (Å²) in [5, 5.41) is 0. The molecule has 0 saturated carbocycles. The molecule has 0 unspecified atom stereocenters. The first-order chi connectivity index (χ1) is 11.3. The number of rotatable bonds is 4. The van der Waals surface area contributed by atoms with Gasteiger partial charge in [-0.15, -0.1) is 0 Å². The molecule has 1 aliphatic rings. The summed E-state index contributed by atoms with van der Waals surface area (Å²) in [4.78, 5) is 0. The number of quaternary nitrogens is 1. The lowest BCUT2D eigenvalue weighted by Gasteiger charge is -2.46. The molecule has 0 aromatic heterocycles. The van der Waals surface area contributed by atoms with Crippen molar-refractivity contribution in [3.05, 3.63) is 71.8 Å². The highest BCUT2D eigenvalue weighted by Crippen LogP contribution is 2.42.